The van der Waals surface area contributed by atoms with Crippen molar-refractivity contribution in [3.8, 4) is 23.0 Å². The third kappa shape index (κ3) is 3.09. The Bertz CT molecular complexity index is 2070. The second kappa shape index (κ2) is 8.81. The van der Waals surface area contributed by atoms with E-state index in [9.17, 15) is 10.2 Å². The van der Waals surface area contributed by atoms with Gasteiger partial charge in [0.25, 0.3) is 0 Å². The van der Waals surface area contributed by atoms with Gasteiger partial charge >= 0.3 is 0 Å². The molecule has 0 spiro atoms. The predicted molar refractivity (Wildman–Crippen MR) is 171 cm³/mol. The third-order valence-electron chi connectivity index (χ3n) is 9.71. The van der Waals surface area contributed by atoms with Crippen LogP contribution in [0.2, 0.25) is 0 Å². The van der Waals surface area contributed by atoms with Crippen LogP contribution in [0.25, 0.3) is 43.1 Å². The summed E-state index contributed by atoms with van der Waals surface area (Å²) in [6.45, 7) is 0. The second-order valence-electron chi connectivity index (χ2n) is 12.4. The summed E-state index contributed by atoms with van der Waals surface area (Å²) >= 11 is 0. The molecule has 2 heterocycles. The molecule has 2 atom stereocenters. The van der Waals surface area contributed by atoms with Gasteiger partial charge in [0.2, 0.25) is 0 Å². The van der Waals surface area contributed by atoms with E-state index in [2.05, 4.69) is 17.0 Å². The van der Waals surface area contributed by atoms with Crippen LogP contribution in [0, 0.1) is 0 Å². The molecule has 1 fully saturated rings. The molecule has 0 radical (unpaired) electrons. The predicted octanol–water partition coefficient (Wildman–Crippen LogP) is 7.11. The number of hydrogen-bond acceptors (Lipinski definition) is 8. The molecule has 3 aliphatic rings. The van der Waals surface area contributed by atoms with Crippen LogP contribution in [-0.2, 0) is 9.78 Å². The first kappa shape index (κ1) is 25.6. The fourth-order valence-corrected chi connectivity index (χ4v) is 8.15. The monoisotopic (exact) mass is 586 g/mol. The number of rotatable bonds is 3. The molecular formula is C36H30N2O6. The van der Waals surface area contributed by atoms with Crippen molar-refractivity contribution in [1.82, 2.24) is 0 Å². The number of hydrogen-bond donors (Lipinski definition) is 2. The van der Waals surface area contributed by atoms with E-state index < -0.39 is 18.1 Å². The Labute approximate surface area is 253 Å². The summed E-state index contributed by atoms with van der Waals surface area (Å²) in [5.74, 6) is 0.799. The molecule has 8 heteroatoms. The zero-order chi connectivity index (χ0) is 30.0. The highest BCUT2D eigenvalue weighted by Crippen LogP contribution is 2.63. The summed E-state index contributed by atoms with van der Waals surface area (Å²) in [7, 11) is 8.01. The molecule has 1 saturated carbocycles. The molecular weight excluding hydrogens is 556 g/mol. The van der Waals surface area contributed by atoms with Crippen LogP contribution < -0.4 is 19.6 Å². The smallest absolute Gasteiger partial charge is 0.173 e. The van der Waals surface area contributed by atoms with Gasteiger partial charge in [0.15, 0.2) is 11.5 Å². The maximum absolute atomic E-state index is 11.5. The molecule has 0 bridgehead atoms. The summed E-state index contributed by atoms with van der Waals surface area (Å²) in [6.07, 6.45) is -1.01. The summed E-state index contributed by atoms with van der Waals surface area (Å²) < 4.78 is 0. The molecule has 6 aromatic rings. The Morgan fingerprint density at radius 1 is 0.500 bits per heavy atom. The molecule has 2 aliphatic heterocycles. The zero-order valence-electron chi connectivity index (χ0n) is 24.7. The molecule has 0 aromatic heterocycles. The first-order chi connectivity index (χ1) is 21.4. The average Bonchev–Trinajstić information content (AvgIpc) is 3.22. The van der Waals surface area contributed by atoms with Gasteiger partial charge in [-0.2, -0.15) is 9.78 Å². The molecule has 220 valence electrons. The van der Waals surface area contributed by atoms with E-state index in [1.807, 2.05) is 81.6 Å². The molecule has 2 unspecified atom stereocenters. The molecule has 2 N–H and O–H groups in total. The number of phenols is 2. The number of nitrogens with zero attached hydrogens (tertiary/aromatic N) is 2. The molecule has 44 heavy (non-hydrogen) atoms. The number of benzene rings is 6. The number of fused-ring (bicyclic) bond motifs is 2. The highest BCUT2D eigenvalue weighted by molar-refractivity contribution is 6.19. The van der Waals surface area contributed by atoms with Gasteiger partial charge in [0.05, 0.1) is 11.4 Å². The highest BCUT2D eigenvalue weighted by atomic mass is 17.2. The number of phenolic OH excluding ortho intramolecular Hbond substituents is 2. The minimum atomic E-state index is -0.505. The number of aromatic hydroxyl groups is 2. The van der Waals surface area contributed by atoms with Gasteiger partial charge in [-0.15, -0.1) is 0 Å². The lowest BCUT2D eigenvalue weighted by Gasteiger charge is -2.48. The third-order valence-corrected chi connectivity index (χ3v) is 9.71. The van der Waals surface area contributed by atoms with E-state index in [1.54, 1.807) is 12.1 Å². The van der Waals surface area contributed by atoms with Crippen molar-refractivity contribution >= 4 is 54.5 Å². The van der Waals surface area contributed by atoms with Crippen LogP contribution in [0.3, 0.4) is 0 Å². The Morgan fingerprint density at radius 2 is 0.864 bits per heavy atom. The fraction of sp³-hybridized carbons (Fsp3) is 0.222. The van der Waals surface area contributed by atoms with Crippen molar-refractivity contribution in [1.29, 1.82) is 0 Å². The van der Waals surface area contributed by atoms with Crippen LogP contribution >= 0.6 is 0 Å². The zero-order valence-corrected chi connectivity index (χ0v) is 24.7. The normalized spacial score (nSPS) is 21.5. The largest absolute Gasteiger partial charge is 0.507 e. The van der Waals surface area contributed by atoms with Crippen molar-refractivity contribution in [2.75, 3.05) is 38.0 Å². The van der Waals surface area contributed by atoms with Crippen molar-refractivity contribution in [3.05, 3.63) is 83.9 Å². The van der Waals surface area contributed by atoms with Gasteiger partial charge in [0, 0.05) is 83.1 Å². The molecule has 0 amide bonds. The molecule has 8 nitrogen and oxygen atoms in total. The Balaban J connectivity index is 1.38. The number of anilines is 2. The van der Waals surface area contributed by atoms with Gasteiger partial charge in [0.1, 0.15) is 23.7 Å². The van der Waals surface area contributed by atoms with Crippen molar-refractivity contribution in [2.24, 2.45) is 0 Å². The average molecular weight is 587 g/mol. The summed E-state index contributed by atoms with van der Waals surface area (Å²) in [6, 6.07) is 23.1. The first-order valence-electron chi connectivity index (χ1n) is 14.8. The van der Waals surface area contributed by atoms with E-state index in [-0.39, 0.29) is 17.4 Å². The van der Waals surface area contributed by atoms with Gasteiger partial charge in [-0.3, -0.25) is 0 Å². The van der Waals surface area contributed by atoms with Crippen molar-refractivity contribution in [3.63, 3.8) is 0 Å². The Morgan fingerprint density at radius 3 is 1.27 bits per heavy atom. The maximum atomic E-state index is 11.5. The lowest BCUT2D eigenvalue weighted by molar-refractivity contribution is -0.340. The van der Waals surface area contributed by atoms with Crippen molar-refractivity contribution in [2.45, 2.75) is 24.0 Å². The quantitative estimate of drug-likeness (QED) is 0.168. The molecule has 1 aliphatic carbocycles. The van der Waals surface area contributed by atoms with Gasteiger partial charge in [-0.05, 0) is 35.4 Å². The maximum Gasteiger partial charge on any atom is 0.173 e. The van der Waals surface area contributed by atoms with Crippen LogP contribution in [0.15, 0.2) is 72.8 Å². The summed E-state index contributed by atoms with van der Waals surface area (Å²) in [5, 5.41) is 30.0. The molecule has 0 saturated heterocycles. The van der Waals surface area contributed by atoms with Crippen LogP contribution in [0.5, 0.6) is 23.0 Å². The standard InChI is InChI=1S/C36H30N2O6/c1-37(2)33-17-9-5-13-21(39)25(17)29(26-18(33)10-6-14-22(26)40)31-35-32-30-27-19(11-7-15-23(27)41-43-35)34(38(3)4)20-12-8-16-24(28(20)30)42-44-36(31)32/h5-16,31-32,35-36,39-40H,1-4H3. The molecule has 9 rings (SSSR count). The minimum absolute atomic E-state index is 0.116. The van der Waals surface area contributed by atoms with Crippen LogP contribution in [0.1, 0.15) is 23.0 Å². The van der Waals surface area contributed by atoms with E-state index in [1.165, 1.54) is 0 Å². The summed E-state index contributed by atoms with van der Waals surface area (Å²) in [4.78, 5) is 29.3. The van der Waals surface area contributed by atoms with E-state index in [0.29, 0.717) is 22.3 Å². The van der Waals surface area contributed by atoms with Gasteiger partial charge in [-0.25, -0.2) is 0 Å². The van der Waals surface area contributed by atoms with Crippen LogP contribution in [0.4, 0.5) is 11.4 Å². The summed E-state index contributed by atoms with van der Waals surface area (Å²) in [5.41, 5.74) is 3.78. The molecule has 6 aromatic carbocycles. The first-order valence-corrected chi connectivity index (χ1v) is 14.8. The topological polar surface area (TPSA) is 83.9 Å². The Kier molecular flexibility index (Phi) is 5.12. The highest BCUT2D eigenvalue weighted by Gasteiger charge is 2.60. The van der Waals surface area contributed by atoms with Crippen molar-refractivity contribution < 1.29 is 29.8 Å². The Hall–Kier alpha value is -4.92. The SMILES string of the molecule is CN(C)c1c2cccc(O)c2c(C2C3OOc4cccc5c(N(C)C)c6cccc7c6c(c45)C3C2OO7)c2c(O)cccc12. The lowest BCUT2D eigenvalue weighted by Crippen LogP contribution is -2.54. The second-order valence-corrected chi connectivity index (χ2v) is 12.4. The van der Waals surface area contributed by atoms with E-state index >= 15 is 0 Å². The lowest BCUT2D eigenvalue weighted by atomic mass is 9.60. The fourth-order valence-electron chi connectivity index (χ4n) is 8.15. The van der Waals surface area contributed by atoms with Gasteiger partial charge in [-0.1, -0.05) is 48.5 Å². The van der Waals surface area contributed by atoms with Crippen LogP contribution in [-0.4, -0.2) is 50.6 Å². The van der Waals surface area contributed by atoms with E-state index in [4.69, 9.17) is 19.6 Å². The van der Waals surface area contributed by atoms with Gasteiger partial charge < -0.3 is 29.8 Å². The van der Waals surface area contributed by atoms with E-state index in [0.717, 1.165) is 54.8 Å². The minimum Gasteiger partial charge on any atom is -0.507 e.